The summed E-state index contributed by atoms with van der Waals surface area (Å²) in [5.41, 5.74) is 3.87. The Hall–Kier alpha value is -1.80. The maximum absolute atomic E-state index is 12.1. The van der Waals surface area contributed by atoms with E-state index in [1.54, 1.807) is 0 Å². The van der Waals surface area contributed by atoms with Gasteiger partial charge < -0.3 is 5.32 Å². The summed E-state index contributed by atoms with van der Waals surface area (Å²) in [5.74, 6) is 0.521. The van der Waals surface area contributed by atoms with Crippen molar-refractivity contribution in [3.8, 4) is 0 Å². The van der Waals surface area contributed by atoms with E-state index in [-0.39, 0.29) is 5.91 Å². The molecule has 0 aliphatic rings. The van der Waals surface area contributed by atoms with Crippen LogP contribution >= 0.6 is 11.6 Å². The standard InChI is InChI=1S/C17H18ClNO/c1-2-13-3-7-15(8-4-13)17(20)19-16-9-5-14(6-10-16)11-12-18/h3-10H,2,11-12H2,1H3,(H,19,20). The zero-order valence-corrected chi connectivity index (χ0v) is 12.3. The van der Waals surface area contributed by atoms with Crippen molar-refractivity contribution >= 4 is 23.2 Å². The summed E-state index contributed by atoms with van der Waals surface area (Å²) in [6, 6.07) is 15.5. The van der Waals surface area contributed by atoms with Gasteiger partial charge in [0.1, 0.15) is 0 Å². The number of aryl methyl sites for hydroxylation is 2. The number of anilines is 1. The van der Waals surface area contributed by atoms with Crippen LogP contribution in [-0.2, 0) is 12.8 Å². The second kappa shape index (κ2) is 7.11. The lowest BCUT2D eigenvalue weighted by Crippen LogP contribution is -2.11. The topological polar surface area (TPSA) is 29.1 Å². The molecule has 0 aromatic heterocycles. The first-order valence-corrected chi connectivity index (χ1v) is 7.31. The molecule has 0 fully saturated rings. The average Bonchev–Trinajstić information content (AvgIpc) is 2.49. The Labute approximate surface area is 124 Å². The fourth-order valence-electron chi connectivity index (χ4n) is 1.96. The molecule has 3 heteroatoms. The Morgan fingerprint density at radius 3 is 2.15 bits per heavy atom. The molecule has 0 saturated heterocycles. The highest BCUT2D eigenvalue weighted by Crippen LogP contribution is 2.13. The van der Waals surface area contributed by atoms with E-state index >= 15 is 0 Å². The molecule has 0 aliphatic heterocycles. The lowest BCUT2D eigenvalue weighted by molar-refractivity contribution is 0.102. The number of nitrogens with one attached hydrogen (secondary N) is 1. The summed E-state index contributed by atoms with van der Waals surface area (Å²) in [7, 11) is 0. The molecule has 0 aliphatic carbocycles. The molecule has 2 nitrogen and oxygen atoms in total. The number of rotatable bonds is 5. The SMILES string of the molecule is CCc1ccc(C(=O)Nc2ccc(CCCl)cc2)cc1. The third-order valence-corrected chi connectivity index (χ3v) is 3.41. The van der Waals surface area contributed by atoms with Gasteiger partial charge >= 0.3 is 0 Å². The second-order valence-electron chi connectivity index (χ2n) is 4.64. The van der Waals surface area contributed by atoms with Crippen LogP contribution in [0.25, 0.3) is 0 Å². The van der Waals surface area contributed by atoms with Gasteiger partial charge in [-0.25, -0.2) is 0 Å². The molecule has 0 saturated carbocycles. The summed E-state index contributed by atoms with van der Waals surface area (Å²) in [4.78, 5) is 12.1. The van der Waals surface area contributed by atoms with E-state index in [9.17, 15) is 4.79 Å². The zero-order chi connectivity index (χ0) is 14.4. The van der Waals surface area contributed by atoms with Crippen LogP contribution in [0.1, 0.15) is 28.4 Å². The Bertz CT molecular complexity index is 561. The van der Waals surface area contributed by atoms with E-state index in [1.807, 2.05) is 48.5 Å². The lowest BCUT2D eigenvalue weighted by atomic mass is 10.1. The predicted molar refractivity (Wildman–Crippen MR) is 84.6 cm³/mol. The number of carbonyl (C=O) groups excluding carboxylic acids is 1. The highest BCUT2D eigenvalue weighted by Gasteiger charge is 2.05. The van der Waals surface area contributed by atoms with Crippen LogP contribution in [0.2, 0.25) is 0 Å². The van der Waals surface area contributed by atoms with Crippen molar-refractivity contribution in [1.82, 2.24) is 0 Å². The van der Waals surface area contributed by atoms with Crippen molar-refractivity contribution in [2.24, 2.45) is 0 Å². The molecule has 1 amide bonds. The van der Waals surface area contributed by atoms with Crippen LogP contribution in [0.4, 0.5) is 5.69 Å². The van der Waals surface area contributed by atoms with Crippen molar-refractivity contribution in [2.75, 3.05) is 11.2 Å². The number of halogens is 1. The maximum atomic E-state index is 12.1. The molecule has 0 spiro atoms. The smallest absolute Gasteiger partial charge is 0.255 e. The van der Waals surface area contributed by atoms with Crippen molar-refractivity contribution < 1.29 is 4.79 Å². The minimum atomic E-state index is -0.0854. The number of hydrogen-bond acceptors (Lipinski definition) is 1. The Morgan fingerprint density at radius 2 is 1.60 bits per heavy atom. The lowest BCUT2D eigenvalue weighted by Gasteiger charge is -2.07. The van der Waals surface area contributed by atoms with Gasteiger partial charge in [0, 0.05) is 17.1 Å². The van der Waals surface area contributed by atoms with Gasteiger partial charge in [-0.05, 0) is 48.2 Å². The van der Waals surface area contributed by atoms with E-state index in [0.717, 1.165) is 18.5 Å². The van der Waals surface area contributed by atoms with Gasteiger partial charge in [0.05, 0.1) is 0 Å². The van der Waals surface area contributed by atoms with Crippen LogP contribution in [0, 0.1) is 0 Å². The monoisotopic (exact) mass is 287 g/mol. The Balaban J connectivity index is 2.02. The number of benzene rings is 2. The van der Waals surface area contributed by atoms with Gasteiger partial charge in [0.15, 0.2) is 0 Å². The molecule has 0 radical (unpaired) electrons. The highest BCUT2D eigenvalue weighted by molar-refractivity contribution is 6.18. The first-order chi connectivity index (χ1) is 9.72. The normalized spacial score (nSPS) is 10.3. The van der Waals surface area contributed by atoms with Gasteiger partial charge in [0.25, 0.3) is 5.91 Å². The predicted octanol–water partition coefficient (Wildman–Crippen LogP) is 4.28. The molecule has 20 heavy (non-hydrogen) atoms. The van der Waals surface area contributed by atoms with E-state index in [2.05, 4.69) is 12.2 Å². The molecular weight excluding hydrogens is 270 g/mol. The summed E-state index contributed by atoms with van der Waals surface area (Å²) in [6.45, 7) is 2.09. The molecule has 2 rings (SSSR count). The molecule has 1 N–H and O–H groups in total. The molecule has 0 unspecified atom stereocenters. The van der Waals surface area contributed by atoms with E-state index in [1.165, 1.54) is 11.1 Å². The van der Waals surface area contributed by atoms with Crippen LogP contribution in [-0.4, -0.2) is 11.8 Å². The quantitative estimate of drug-likeness (QED) is 0.817. The maximum Gasteiger partial charge on any atom is 0.255 e. The first kappa shape index (κ1) is 14.6. The minimum Gasteiger partial charge on any atom is -0.322 e. The van der Waals surface area contributed by atoms with Crippen molar-refractivity contribution in [3.05, 3.63) is 65.2 Å². The van der Waals surface area contributed by atoms with E-state index < -0.39 is 0 Å². The minimum absolute atomic E-state index is 0.0854. The van der Waals surface area contributed by atoms with Crippen molar-refractivity contribution in [2.45, 2.75) is 19.8 Å². The van der Waals surface area contributed by atoms with Gasteiger partial charge in [0.2, 0.25) is 0 Å². The van der Waals surface area contributed by atoms with Crippen LogP contribution in [0.3, 0.4) is 0 Å². The summed E-state index contributed by atoms with van der Waals surface area (Å²) in [5, 5.41) is 2.89. The van der Waals surface area contributed by atoms with Crippen LogP contribution in [0.5, 0.6) is 0 Å². The van der Waals surface area contributed by atoms with Gasteiger partial charge in [-0.15, -0.1) is 11.6 Å². The van der Waals surface area contributed by atoms with Crippen molar-refractivity contribution in [1.29, 1.82) is 0 Å². The zero-order valence-electron chi connectivity index (χ0n) is 11.5. The van der Waals surface area contributed by atoms with Gasteiger partial charge in [-0.3, -0.25) is 4.79 Å². The number of alkyl halides is 1. The summed E-state index contributed by atoms with van der Waals surface area (Å²) < 4.78 is 0. The molecule has 0 atom stereocenters. The van der Waals surface area contributed by atoms with Crippen molar-refractivity contribution in [3.63, 3.8) is 0 Å². The molecule has 2 aromatic rings. The van der Waals surface area contributed by atoms with Gasteiger partial charge in [-0.1, -0.05) is 31.2 Å². The molecule has 0 heterocycles. The van der Waals surface area contributed by atoms with E-state index in [4.69, 9.17) is 11.6 Å². The summed E-state index contributed by atoms with van der Waals surface area (Å²) >= 11 is 5.70. The molecule has 2 aromatic carbocycles. The largest absolute Gasteiger partial charge is 0.322 e. The van der Waals surface area contributed by atoms with E-state index in [0.29, 0.717) is 11.4 Å². The fraction of sp³-hybridized carbons (Fsp3) is 0.235. The molecule has 104 valence electrons. The molecule has 0 bridgehead atoms. The third-order valence-electron chi connectivity index (χ3n) is 3.22. The number of hydrogen-bond donors (Lipinski definition) is 1. The highest BCUT2D eigenvalue weighted by atomic mass is 35.5. The molecular formula is C17H18ClNO. The average molecular weight is 288 g/mol. The Morgan fingerprint density at radius 1 is 1.00 bits per heavy atom. The van der Waals surface area contributed by atoms with Crippen LogP contribution in [0.15, 0.2) is 48.5 Å². The number of amides is 1. The van der Waals surface area contributed by atoms with Gasteiger partial charge in [-0.2, -0.15) is 0 Å². The fourth-order valence-corrected chi connectivity index (χ4v) is 2.18. The third kappa shape index (κ3) is 3.84. The van der Waals surface area contributed by atoms with Crippen LogP contribution < -0.4 is 5.32 Å². The summed E-state index contributed by atoms with van der Waals surface area (Å²) in [6.07, 6.45) is 1.82. The Kier molecular flexibility index (Phi) is 5.19. The second-order valence-corrected chi connectivity index (χ2v) is 5.02. The number of carbonyl (C=O) groups is 1. The first-order valence-electron chi connectivity index (χ1n) is 6.78.